The van der Waals surface area contributed by atoms with E-state index in [0.29, 0.717) is 11.8 Å². The minimum Gasteiger partial charge on any atom is -0.353 e. The summed E-state index contributed by atoms with van der Waals surface area (Å²) in [5.41, 5.74) is 4.38. The van der Waals surface area contributed by atoms with Gasteiger partial charge in [0.25, 0.3) is 0 Å². The monoisotopic (exact) mass is 386 g/mol. The van der Waals surface area contributed by atoms with Gasteiger partial charge in [0, 0.05) is 47.9 Å². The van der Waals surface area contributed by atoms with Crippen molar-refractivity contribution in [2.24, 2.45) is 11.8 Å². The van der Waals surface area contributed by atoms with Crippen molar-refractivity contribution in [3.8, 4) is 0 Å². The van der Waals surface area contributed by atoms with E-state index in [-0.39, 0.29) is 5.41 Å². The first-order valence-corrected chi connectivity index (χ1v) is 10.4. The highest BCUT2D eigenvalue weighted by Crippen LogP contribution is 2.52. The van der Waals surface area contributed by atoms with Crippen LogP contribution in [-0.4, -0.2) is 30.2 Å². The molecule has 0 aromatic carbocycles. The van der Waals surface area contributed by atoms with E-state index in [1.807, 2.05) is 19.2 Å². The van der Waals surface area contributed by atoms with E-state index in [4.69, 9.17) is 0 Å². The third-order valence-corrected chi connectivity index (χ3v) is 7.24. The maximum absolute atomic E-state index is 13.7. The lowest BCUT2D eigenvalue weighted by Crippen LogP contribution is -2.35. The number of allylic oxidation sites excluding steroid dienone is 4. The second-order valence-electron chi connectivity index (χ2n) is 8.50. The molecule has 0 N–H and O–H groups in total. The Bertz CT molecular complexity index is 797. The third kappa shape index (κ3) is 3.91. The highest BCUT2D eigenvalue weighted by molar-refractivity contribution is 7.10. The van der Waals surface area contributed by atoms with Gasteiger partial charge < -0.3 is 9.80 Å². The Labute approximate surface area is 167 Å². The fraction of sp³-hybridized carbons (Fsp3) is 0.478. The molecular formula is C23H31FN2S. The summed E-state index contributed by atoms with van der Waals surface area (Å²) in [6, 6.07) is 2.27. The van der Waals surface area contributed by atoms with E-state index < -0.39 is 6.30 Å². The van der Waals surface area contributed by atoms with Gasteiger partial charge in [-0.05, 0) is 54.3 Å². The second-order valence-corrected chi connectivity index (χ2v) is 9.41. The van der Waals surface area contributed by atoms with Crippen LogP contribution in [0.1, 0.15) is 44.1 Å². The molecule has 2 unspecified atom stereocenters. The molecule has 27 heavy (non-hydrogen) atoms. The Morgan fingerprint density at radius 1 is 1.37 bits per heavy atom. The van der Waals surface area contributed by atoms with E-state index in [0.717, 1.165) is 22.5 Å². The van der Waals surface area contributed by atoms with Crippen molar-refractivity contribution >= 4 is 16.9 Å². The van der Waals surface area contributed by atoms with Crippen LogP contribution >= 0.6 is 11.3 Å². The zero-order chi connectivity index (χ0) is 19.9. The Morgan fingerprint density at radius 2 is 2.04 bits per heavy atom. The van der Waals surface area contributed by atoms with Crippen LogP contribution in [-0.2, 0) is 5.41 Å². The molecule has 2 nitrogen and oxygen atoms in total. The summed E-state index contributed by atoms with van der Waals surface area (Å²) in [5, 5.41) is 2.19. The molecule has 1 aromatic rings. The summed E-state index contributed by atoms with van der Waals surface area (Å²) in [6.45, 7) is 15.2. The van der Waals surface area contributed by atoms with Crippen molar-refractivity contribution in [1.29, 1.82) is 0 Å². The summed E-state index contributed by atoms with van der Waals surface area (Å²) in [6.07, 6.45) is 6.88. The third-order valence-electron chi connectivity index (χ3n) is 5.97. The lowest BCUT2D eigenvalue weighted by Gasteiger charge is -2.39. The predicted octanol–water partition coefficient (Wildman–Crippen LogP) is 6.17. The number of alkyl halides is 1. The molecule has 2 heterocycles. The van der Waals surface area contributed by atoms with Gasteiger partial charge >= 0.3 is 0 Å². The van der Waals surface area contributed by atoms with E-state index in [1.54, 1.807) is 29.4 Å². The highest BCUT2D eigenvalue weighted by Gasteiger charge is 2.45. The molecule has 0 amide bonds. The van der Waals surface area contributed by atoms with Crippen molar-refractivity contribution in [2.45, 2.75) is 45.3 Å². The molecule has 2 aliphatic rings. The van der Waals surface area contributed by atoms with Crippen molar-refractivity contribution in [1.82, 2.24) is 9.80 Å². The zero-order valence-corrected chi connectivity index (χ0v) is 17.9. The fourth-order valence-electron chi connectivity index (χ4n) is 3.96. The van der Waals surface area contributed by atoms with Crippen LogP contribution in [0.4, 0.5) is 4.39 Å². The minimum atomic E-state index is -1.04. The predicted molar refractivity (Wildman–Crippen MR) is 115 cm³/mol. The molecule has 0 bridgehead atoms. The van der Waals surface area contributed by atoms with E-state index in [9.17, 15) is 4.39 Å². The molecule has 0 radical (unpaired) electrons. The van der Waals surface area contributed by atoms with Crippen molar-refractivity contribution in [3.05, 3.63) is 64.8 Å². The minimum absolute atomic E-state index is 0.0155. The molecule has 2 atom stereocenters. The molecule has 0 saturated heterocycles. The van der Waals surface area contributed by atoms with Gasteiger partial charge in [-0.1, -0.05) is 33.1 Å². The van der Waals surface area contributed by atoms with Gasteiger partial charge in [-0.3, -0.25) is 0 Å². The number of nitrogens with zero attached hydrogens (tertiary/aromatic N) is 2. The van der Waals surface area contributed by atoms with Crippen molar-refractivity contribution < 1.29 is 4.39 Å². The Hall–Kier alpha value is -1.81. The largest absolute Gasteiger partial charge is 0.353 e. The number of rotatable bonds is 7. The van der Waals surface area contributed by atoms with Crippen LogP contribution in [0.3, 0.4) is 0 Å². The van der Waals surface area contributed by atoms with Crippen LogP contribution < -0.4 is 0 Å². The molecule has 4 heteroatoms. The van der Waals surface area contributed by atoms with Gasteiger partial charge in [0.15, 0.2) is 6.30 Å². The summed E-state index contributed by atoms with van der Waals surface area (Å²) in [4.78, 5) is 5.10. The topological polar surface area (TPSA) is 6.48 Å². The molecule has 3 rings (SSSR count). The molecular weight excluding hydrogens is 355 g/mol. The maximum Gasteiger partial charge on any atom is 0.191 e. The zero-order valence-electron chi connectivity index (χ0n) is 17.1. The van der Waals surface area contributed by atoms with Crippen LogP contribution in [0.15, 0.2) is 54.4 Å². The van der Waals surface area contributed by atoms with Gasteiger partial charge in [0.1, 0.15) is 0 Å². The lowest BCUT2D eigenvalue weighted by atomic mass is 9.72. The first-order chi connectivity index (χ1) is 12.6. The standard InChI is InChI=1S/C23H31FN2S/c1-15(2)26(7)16(3)22(17-8-9-17)23(4,5)20-12-19(14-27-20)18-10-11-21(24)25(6)13-18/h10-14,17,21-22H,1,3,8-9H2,2,4-7H3. The van der Waals surface area contributed by atoms with Gasteiger partial charge in [-0.25, -0.2) is 4.39 Å². The summed E-state index contributed by atoms with van der Waals surface area (Å²) in [5.74, 6) is 1.08. The van der Waals surface area contributed by atoms with E-state index in [2.05, 4.69) is 50.4 Å². The van der Waals surface area contributed by atoms with Gasteiger partial charge in [0.05, 0.1) is 0 Å². The number of hydrogen-bond donors (Lipinski definition) is 0. The number of thiophene rings is 1. The molecule has 1 aliphatic heterocycles. The van der Waals surface area contributed by atoms with Gasteiger partial charge in [0.2, 0.25) is 0 Å². The Morgan fingerprint density at radius 3 is 2.59 bits per heavy atom. The molecule has 1 saturated carbocycles. The Kier molecular flexibility index (Phi) is 5.40. The van der Waals surface area contributed by atoms with Crippen LogP contribution in [0.25, 0.3) is 5.57 Å². The molecule has 0 spiro atoms. The first-order valence-electron chi connectivity index (χ1n) is 9.56. The summed E-state index contributed by atoms with van der Waals surface area (Å²) in [7, 11) is 3.84. The van der Waals surface area contributed by atoms with E-state index in [1.165, 1.54) is 17.7 Å². The fourth-order valence-corrected chi connectivity index (χ4v) is 5.05. The average molecular weight is 387 g/mol. The molecule has 146 valence electrons. The SMILES string of the molecule is C=C(C)N(C)C(=C)C(C1CC1)C(C)(C)c1cc(C2=CN(C)C(F)C=C2)cs1. The summed E-state index contributed by atoms with van der Waals surface area (Å²) < 4.78 is 13.7. The van der Waals surface area contributed by atoms with Crippen LogP contribution in [0, 0.1) is 11.8 Å². The lowest BCUT2D eigenvalue weighted by molar-refractivity contribution is 0.209. The number of hydrogen-bond acceptors (Lipinski definition) is 3. The normalized spacial score (nSPS) is 21.0. The first kappa shape index (κ1) is 19.9. The number of halogens is 1. The second kappa shape index (κ2) is 7.31. The van der Waals surface area contributed by atoms with Crippen molar-refractivity contribution in [2.75, 3.05) is 14.1 Å². The molecule has 1 aromatic heterocycles. The van der Waals surface area contributed by atoms with E-state index >= 15 is 0 Å². The Balaban J connectivity index is 1.89. The van der Waals surface area contributed by atoms with Gasteiger partial charge in [-0.15, -0.1) is 11.3 Å². The highest BCUT2D eigenvalue weighted by atomic mass is 32.1. The maximum atomic E-state index is 13.7. The number of likely N-dealkylation sites (N-methyl/N-ethyl adjacent to an activating group) is 1. The summed E-state index contributed by atoms with van der Waals surface area (Å²) >= 11 is 1.79. The van der Waals surface area contributed by atoms with Crippen LogP contribution in [0.2, 0.25) is 0 Å². The molecule has 1 aliphatic carbocycles. The van der Waals surface area contributed by atoms with Crippen molar-refractivity contribution in [3.63, 3.8) is 0 Å². The van der Waals surface area contributed by atoms with Gasteiger partial charge in [-0.2, -0.15) is 0 Å². The van der Waals surface area contributed by atoms with Crippen LogP contribution in [0.5, 0.6) is 0 Å². The molecule has 1 fully saturated rings. The smallest absolute Gasteiger partial charge is 0.191 e. The average Bonchev–Trinajstić information content (AvgIpc) is 3.29. The quantitative estimate of drug-likeness (QED) is 0.517.